The fourth-order valence-corrected chi connectivity index (χ4v) is 5.41. The zero-order valence-electron chi connectivity index (χ0n) is 22.4. The second kappa shape index (κ2) is 9.81. The number of hydrogen-bond donors (Lipinski definition) is 2. The fourth-order valence-electron chi connectivity index (χ4n) is 5.41. The summed E-state index contributed by atoms with van der Waals surface area (Å²) in [5, 5.41) is 9.65. The number of fused-ring (bicyclic) bond motifs is 3. The summed E-state index contributed by atoms with van der Waals surface area (Å²) in [6.45, 7) is 3.51. The quantitative estimate of drug-likeness (QED) is 0.306. The molecule has 2 N–H and O–H groups in total. The molecule has 0 unspecified atom stereocenters. The van der Waals surface area contributed by atoms with E-state index >= 15 is 0 Å². The number of rotatable bonds is 6. The SMILES string of the molecule is CC(=O)c1ccc2c(c1C)CC[C@@H]2NC(=O)c1cc(C(=O)NCc2ccc3oc(=O)n(C)c3c2)nc2c(F)cnn12. The molecule has 3 aromatic heterocycles. The number of benzene rings is 2. The highest BCUT2D eigenvalue weighted by atomic mass is 19.1. The average molecular weight is 557 g/mol. The van der Waals surface area contributed by atoms with Crippen molar-refractivity contribution < 1.29 is 23.2 Å². The van der Waals surface area contributed by atoms with Crippen LogP contribution in [0.4, 0.5) is 4.39 Å². The first-order valence-corrected chi connectivity index (χ1v) is 13.0. The Morgan fingerprint density at radius 3 is 2.73 bits per heavy atom. The van der Waals surface area contributed by atoms with Gasteiger partial charge in [0.25, 0.3) is 11.8 Å². The number of nitrogens with one attached hydrogen (secondary N) is 2. The van der Waals surface area contributed by atoms with E-state index in [1.54, 1.807) is 31.3 Å². The Labute approximate surface area is 232 Å². The van der Waals surface area contributed by atoms with Gasteiger partial charge in [0, 0.05) is 25.2 Å². The minimum Gasteiger partial charge on any atom is -0.408 e. The predicted molar refractivity (Wildman–Crippen MR) is 145 cm³/mol. The van der Waals surface area contributed by atoms with Crippen molar-refractivity contribution in [3.63, 3.8) is 0 Å². The van der Waals surface area contributed by atoms with E-state index in [0.717, 1.165) is 27.4 Å². The second-order valence-corrected chi connectivity index (χ2v) is 10.1. The van der Waals surface area contributed by atoms with Crippen molar-refractivity contribution in [3.05, 3.63) is 98.2 Å². The molecule has 0 aliphatic heterocycles. The van der Waals surface area contributed by atoms with Crippen molar-refractivity contribution in [2.45, 2.75) is 39.3 Å². The molecular weight excluding hydrogens is 531 g/mol. The van der Waals surface area contributed by atoms with Crippen LogP contribution >= 0.6 is 0 Å². The molecule has 0 bridgehead atoms. The van der Waals surface area contributed by atoms with Crippen molar-refractivity contribution in [1.82, 2.24) is 29.8 Å². The smallest absolute Gasteiger partial charge is 0.408 e. The number of oxazole rings is 1. The van der Waals surface area contributed by atoms with E-state index in [9.17, 15) is 23.6 Å². The van der Waals surface area contributed by atoms with E-state index in [4.69, 9.17) is 4.42 Å². The molecule has 2 amide bonds. The molecule has 1 atom stereocenters. The van der Waals surface area contributed by atoms with E-state index in [1.165, 1.54) is 17.6 Å². The zero-order valence-corrected chi connectivity index (χ0v) is 22.4. The van der Waals surface area contributed by atoms with Crippen LogP contribution in [0.5, 0.6) is 0 Å². The molecule has 41 heavy (non-hydrogen) atoms. The summed E-state index contributed by atoms with van der Waals surface area (Å²) in [5.74, 6) is -2.46. The summed E-state index contributed by atoms with van der Waals surface area (Å²) in [7, 11) is 1.58. The molecule has 6 rings (SSSR count). The number of Topliss-reactive ketones (excluding diaryl/α,β-unsaturated/α-hetero) is 1. The summed E-state index contributed by atoms with van der Waals surface area (Å²) in [5.41, 5.74) is 4.73. The van der Waals surface area contributed by atoms with Gasteiger partial charge in [-0.15, -0.1) is 0 Å². The molecule has 0 spiro atoms. The van der Waals surface area contributed by atoms with Crippen LogP contribution in [-0.4, -0.2) is 36.8 Å². The molecular formula is C29H25FN6O5. The van der Waals surface area contributed by atoms with Gasteiger partial charge in [-0.25, -0.2) is 18.7 Å². The molecule has 12 heteroatoms. The van der Waals surface area contributed by atoms with E-state index in [-0.39, 0.29) is 35.4 Å². The van der Waals surface area contributed by atoms with Crippen LogP contribution in [0.15, 0.2) is 51.8 Å². The van der Waals surface area contributed by atoms with Gasteiger partial charge in [0.1, 0.15) is 11.4 Å². The van der Waals surface area contributed by atoms with Gasteiger partial charge in [0.2, 0.25) is 0 Å². The third-order valence-corrected chi connectivity index (χ3v) is 7.58. The van der Waals surface area contributed by atoms with Crippen LogP contribution in [0.1, 0.15) is 73.0 Å². The van der Waals surface area contributed by atoms with Crippen molar-refractivity contribution in [1.29, 1.82) is 0 Å². The summed E-state index contributed by atoms with van der Waals surface area (Å²) >= 11 is 0. The maximum atomic E-state index is 14.5. The summed E-state index contributed by atoms with van der Waals surface area (Å²) in [6.07, 6.45) is 2.26. The minimum atomic E-state index is -0.779. The number of amides is 2. The topological polar surface area (TPSA) is 141 Å². The maximum absolute atomic E-state index is 14.5. The monoisotopic (exact) mass is 556 g/mol. The lowest BCUT2D eigenvalue weighted by molar-refractivity contribution is 0.0927. The molecule has 5 aromatic rings. The molecule has 1 aliphatic rings. The first kappa shape index (κ1) is 26.1. The first-order valence-electron chi connectivity index (χ1n) is 13.0. The minimum absolute atomic E-state index is 0.0175. The van der Waals surface area contributed by atoms with Crippen molar-refractivity contribution >= 4 is 34.3 Å². The maximum Gasteiger partial charge on any atom is 0.419 e. The Morgan fingerprint density at radius 1 is 1.15 bits per heavy atom. The summed E-state index contributed by atoms with van der Waals surface area (Å²) < 4.78 is 22.1. The van der Waals surface area contributed by atoms with Crippen LogP contribution in [-0.2, 0) is 20.0 Å². The highest BCUT2D eigenvalue weighted by molar-refractivity contribution is 5.99. The second-order valence-electron chi connectivity index (χ2n) is 10.1. The highest BCUT2D eigenvalue weighted by Gasteiger charge is 2.29. The third kappa shape index (κ3) is 4.46. The van der Waals surface area contributed by atoms with Crippen molar-refractivity contribution in [2.24, 2.45) is 7.05 Å². The largest absolute Gasteiger partial charge is 0.419 e. The Morgan fingerprint density at radius 2 is 1.95 bits per heavy atom. The van der Waals surface area contributed by atoms with E-state index < -0.39 is 23.4 Å². The number of nitrogens with zero attached hydrogens (tertiary/aromatic N) is 4. The van der Waals surface area contributed by atoms with Gasteiger partial charge >= 0.3 is 5.76 Å². The lowest BCUT2D eigenvalue weighted by atomic mass is 9.96. The van der Waals surface area contributed by atoms with Gasteiger partial charge in [-0.1, -0.05) is 18.2 Å². The van der Waals surface area contributed by atoms with E-state index in [1.807, 2.05) is 13.0 Å². The van der Waals surface area contributed by atoms with E-state index in [0.29, 0.717) is 35.1 Å². The lowest BCUT2D eigenvalue weighted by Gasteiger charge is -2.16. The Kier molecular flexibility index (Phi) is 6.24. The van der Waals surface area contributed by atoms with Crippen LogP contribution < -0.4 is 16.4 Å². The first-order chi connectivity index (χ1) is 19.6. The number of aryl methyl sites for hydroxylation is 1. The van der Waals surface area contributed by atoms with Gasteiger partial charge in [-0.3, -0.25) is 19.0 Å². The van der Waals surface area contributed by atoms with Gasteiger partial charge < -0.3 is 15.1 Å². The summed E-state index contributed by atoms with van der Waals surface area (Å²) in [4.78, 5) is 54.4. The summed E-state index contributed by atoms with van der Waals surface area (Å²) in [6, 6.07) is 9.62. The number of ketones is 1. The van der Waals surface area contributed by atoms with Crippen LogP contribution in [0.3, 0.4) is 0 Å². The number of aromatic nitrogens is 4. The normalized spacial score (nSPS) is 14.4. The molecule has 11 nitrogen and oxygen atoms in total. The van der Waals surface area contributed by atoms with Crippen molar-refractivity contribution in [3.8, 4) is 0 Å². The number of carbonyl (C=O) groups excluding carboxylic acids is 3. The van der Waals surface area contributed by atoms with Crippen LogP contribution in [0, 0.1) is 12.7 Å². The number of carbonyl (C=O) groups is 3. The Balaban J connectivity index is 1.26. The lowest BCUT2D eigenvalue weighted by Crippen LogP contribution is -2.30. The van der Waals surface area contributed by atoms with Crippen LogP contribution in [0.2, 0.25) is 0 Å². The molecule has 3 heterocycles. The predicted octanol–water partition coefficient (Wildman–Crippen LogP) is 3.17. The number of hydrogen-bond acceptors (Lipinski definition) is 7. The van der Waals surface area contributed by atoms with E-state index in [2.05, 4.69) is 20.7 Å². The zero-order chi connectivity index (χ0) is 29.0. The molecule has 0 fully saturated rings. The van der Waals surface area contributed by atoms with Crippen molar-refractivity contribution in [2.75, 3.05) is 0 Å². The van der Waals surface area contributed by atoms with Crippen LogP contribution in [0.25, 0.3) is 16.7 Å². The van der Waals surface area contributed by atoms with Gasteiger partial charge in [0.15, 0.2) is 22.8 Å². The molecule has 1 aliphatic carbocycles. The molecule has 0 radical (unpaired) electrons. The third-order valence-electron chi connectivity index (χ3n) is 7.58. The molecule has 2 aromatic carbocycles. The Bertz CT molecular complexity index is 1970. The standard InChI is InChI=1S/C29H25FN6O5/c1-14-17(15(2)37)5-6-19-18(14)7-8-21(19)34-28(39)24-11-22(33-26-20(30)13-32-36(24)26)27(38)31-12-16-4-9-25-23(10-16)35(3)29(40)41-25/h4-6,9-11,13,21H,7-8,12H2,1-3H3,(H,31,38)(H,34,39)/t21-/m0/s1. The molecule has 0 saturated carbocycles. The number of halogens is 1. The van der Waals surface area contributed by atoms with Gasteiger partial charge in [-0.2, -0.15) is 5.10 Å². The molecule has 0 saturated heterocycles. The van der Waals surface area contributed by atoms with Gasteiger partial charge in [0.05, 0.1) is 17.8 Å². The average Bonchev–Trinajstić information content (AvgIpc) is 3.62. The highest BCUT2D eigenvalue weighted by Crippen LogP contribution is 2.35. The fraction of sp³-hybridized carbons (Fsp3) is 0.241. The molecule has 208 valence electrons. The van der Waals surface area contributed by atoms with Gasteiger partial charge in [-0.05, 0) is 61.1 Å². The Hall–Kier alpha value is -5.13.